The molecule has 1 atom stereocenters. The van der Waals surface area contributed by atoms with E-state index in [1.807, 2.05) is 24.3 Å². The SMILES string of the molecule is O=C(CN1C(=O)CSc2ccccc21)N1CCOC(COc2cc(F)ccc2F)C1. The lowest BCUT2D eigenvalue weighted by Crippen LogP contribution is -2.51. The summed E-state index contributed by atoms with van der Waals surface area (Å²) in [5.74, 6) is -1.48. The Morgan fingerprint density at radius 3 is 2.93 bits per heavy atom. The van der Waals surface area contributed by atoms with E-state index < -0.39 is 17.7 Å². The van der Waals surface area contributed by atoms with E-state index in [4.69, 9.17) is 9.47 Å². The van der Waals surface area contributed by atoms with Gasteiger partial charge in [-0.25, -0.2) is 8.78 Å². The number of anilines is 1. The van der Waals surface area contributed by atoms with Gasteiger partial charge in [0.05, 0.1) is 24.6 Å². The van der Waals surface area contributed by atoms with Gasteiger partial charge in [-0.2, -0.15) is 0 Å². The summed E-state index contributed by atoms with van der Waals surface area (Å²) in [6.45, 7) is 0.858. The molecule has 158 valence electrons. The van der Waals surface area contributed by atoms with E-state index in [1.165, 1.54) is 16.7 Å². The highest BCUT2D eigenvalue weighted by Gasteiger charge is 2.30. The van der Waals surface area contributed by atoms with Crippen LogP contribution in [0.25, 0.3) is 0 Å². The standard InChI is InChI=1S/C21H20F2N2O4S/c22-14-5-6-16(23)18(9-14)29-12-15-10-24(7-8-28-15)20(26)11-25-17-3-1-2-4-19(17)30-13-21(25)27/h1-6,9,15H,7-8,10-13H2. The highest BCUT2D eigenvalue weighted by Crippen LogP contribution is 2.34. The molecule has 6 nitrogen and oxygen atoms in total. The summed E-state index contributed by atoms with van der Waals surface area (Å²) < 4.78 is 37.9. The van der Waals surface area contributed by atoms with Crippen LogP contribution in [0.2, 0.25) is 0 Å². The second-order valence-corrected chi connectivity index (χ2v) is 7.97. The Balaban J connectivity index is 1.37. The topological polar surface area (TPSA) is 59.1 Å². The monoisotopic (exact) mass is 434 g/mol. The number of hydrogen-bond donors (Lipinski definition) is 0. The number of morpholine rings is 1. The summed E-state index contributed by atoms with van der Waals surface area (Å²) in [5, 5.41) is 0. The molecule has 2 heterocycles. The predicted molar refractivity (Wildman–Crippen MR) is 108 cm³/mol. The van der Waals surface area contributed by atoms with Crippen molar-refractivity contribution < 1.29 is 27.8 Å². The first-order chi connectivity index (χ1) is 14.5. The zero-order chi connectivity index (χ0) is 21.1. The van der Waals surface area contributed by atoms with E-state index in [0.29, 0.717) is 18.9 Å². The number of ether oxygens (including phenoxy) is 2. The third kappa shape index (κ3) is 4.57. The van der Waals surface area contributed by atoms with E-state index in [0.717, 1.165) is 28.8 Å². The molecule has 2 aliphatic rings. The lowest BCUT2D eigenvalue weighted by atomic mass is 10.2. The van der Waals surface area contributed by atoms with Crippen molar-refractivity contribution in [2.45, 2.75) is 11.0 Å². The zero-order valence-corrected chi connectivity index (χ0v) is 16.9. The lowest BCUT2D eigenvalue weighted by Gasteiger charge is -2.35. The van der Waals surface area contributed by atoms with Gasteiger partial charge in [-0.15, -0.1) is 11.8 Å². The van der Waals surface area contributed by atoms with Crippen LogP contribution >= 0.6 is 11.8 Å². The zero-order valence-electron chi connectivity index (χ0n) is 16.1. The summed E-state index contributed by atoms with van der Waals surface area (Å²) in [7, 11) is 0. The maximum atomic E-state index is 13.7. The first-order valence-electron chi connectivity index (χ1n) is 9.50. The molecule has 1 saturated heterocycles. The minimum absolute atomic E-state index is 0.0216. The number of para-hydroxylation sites is 1. The molecule has 1 unspecified atom stereocenters. The molecule has 0 aromatic heterocycles. The minimum atomic E-state index is -0.666. The molecule has 0 aliphatic carbocycles. The maximum absolute atomic E-state index is 13.7. The van der Waals surface area contributed by atoms with Gasteiger partial charge in [-0.1, -0.05) is 12.1 Å². The number of halogens is 2. The van der Waals surface area contributed by atoms with E-state index in [-0.39, 0.29) is 37.3 Å². The minimum Gasteiger partial charge on any atom is -0.488 e. The number of amides is 2. The second-order valence-electron chi connectivity index (χ2n) is 6.95. The van der Waals surface area contributed by atoms with Gasteiger partial charge < -0.3 is 19.3 Å². The van der Waals surface area contributed by atoms with Crippen molar-refractivity contribution in [1.29, 1.82) is 0 Å². The highest BCUT2D eigenvalue weighted by atomic mass is 32.2. The average molecular weight is 434 g/mol. The van der Waals surface area contributed by atoms with Crippen molar-refractivity contribution >= 4 is 29.3 Å². The molecule has 0 saturated carbocycles. The van der Waals surface area contributed by atoms with Crippen LogP contribution in [0.3, 0.4) is 0 Å². The van der Waals surface area contributed by atoms with Gasteiger partial charge in [-0.3, -0.25) is 9.59 Å². The Bertz CT molecular complexity index is 958. The fourth-order valence-electron chi connectivity index (χ4n) is 3.38. The molecule has 2 amide bonds. The molecule has 0 spiro atoms. The molecule has 9 heteroatoms. The lowest BCUT2D eigenvalue weighted by molar-refractivity contribution is -0.139. The van der Waals surface area contributed by atoms with Crippen molar-refractivity contribution in [2.24, 2.45) is 0 Å². The Labute approximate surface area is 176 Å². The van der Waals surface area contributed by atoms with Crippen LogP contribution in [0.4, 0.5) is 14.5 Å². The van der Waals surface area contributed by atoms with Crippen molar-refractivity contribution in [2.75, 3.05) is 43.5 Å². The molecule has 0 radical (unpaired) electrons. The van der Waals surface area contributed by atoms with Gasteiger partial charge in [-0.05, 0) is 24.3 Å². The summed E-state index contributed by atoms with van der Waals surface area (Å²) in [6, 6.07) is 10.5. The largest absolute Gasteiger partial charge is 0.488 e. The van der Waals surface area contributed by atoms with Gasteiger partial charge in [0, 0.05) is 17.5 Å². The molecular formula is C21H20F2N2O4S. The Morgan fingerprint density at radius 2 is 2.07 bits per heavy atom. The van der Waals surface area contributed by atoms with Gasteiger partial charge in [0.2, 0.25) is 11.8 Å². The smallest absolute Gasteiger partial charge is 0.242 e. The van der Waals surface area contributed by atoms with Crippen LogP contribution in [-0.2, 0) is 14.3 Å². The van der Waals surface area contributed by atoms with Crippen molar-refractivity contribution in [3.63, 3.8) is 0 Å². The van der Waals surface area contributed by atoms with E-state index in [2.05, 4.69) is 0 Å². The van der Waals surface area contributed by atoms with Crippen LogP contribution in [0.1, 0.15) is 0 Å². The van der Waals surface area contributed by atoms with Crippen molar-refractivity contribution in [3.8, 4) is 5.75 Å². The average Bonchev–Trinajstić information content (AvgIpc) is 2.76. The van der Waals surface area contributed by atoms with Crippen LogP contribution in [0.15, 0.2) is 47.4 Å². The first kappa shape index (κ1) is 20.6. The summed E-state index contributed by atoms with van der Waals surface area (Å²) >= 11 is 1.46. The highest BCUT2D eigenvalue weighted by molar-refractivity contribution is 8.00. The van der Waals surface area contributed by atoms with Gasteiger partial charge >= 0.3 is 0 Å². The second kappa shape index (κ2) is 9.01. The summed E-state index contributed by atoms with van der Waals surface area (Å²) in [6.07, 6.45) is -0.481. The van der Waals surface area contributed by atoms with Gasteiger partial charge in [0.15, 0.2) is 11.6 Å². The molecule has 2 aromatic rings. The van der Waals surface area contributed by atoms with Crippen LogP contribution < -0.4 is 9.64 Å². The molecule has 0 bridgehead atoms. The van der Waals surface area contributed by atoms with Gasteiger partial charge in [0.25, 0.3) is 0 Å². The van der Waals surface area contributed by atoms with Crippen LogP contribution in [0.5, 0.6) is 5.75 Å². The number of carbonyl (C=O) groups is 2. The predicted octanol–water partition coefficient (Wildman–Crippen LogP) is 2.71. The number of rotatable bonds is 5. The van der Waals surface area contributed by atoms with E-state index in [1.54, 1.807) is 4.90 Å². The first-order valence-corrected chi connectivity index (χ1v) is 10.5. The molecule has 2 aromatic carbocycles. The summed E-state index contributed by atoms with van der Waals surface area (Å²) in [4.78, 5) is 29.3. The Kier molecular flexibility index (Phi) is 6.19. The molecule has 2 aliphatic heterocycles. The molecule has 30 heavy (non-hydrogen) atoms. The number of nitrogens with zero attached hydrogens (tertiary/aromatic N) is 2. The third-order valence-electron chi connectivity index (χ3n) is 4.91. The fourth-order valence-corrected chi connectivity index (χ4v) is 4.32. The number of thioether (sulfide) groups is 1. The molecule has 4 rings (SSSR count). The Hall–Kier alpha value is -2.65. The van der Waals surface area contributed by atoms with Crippen molar-refractivity contribution in [1.82, 2.24) is 4.90 Å². The van der Waals surface area contributed by atoms with Crippen LogP contribution in [0, 0.1) is 11.6 Å². The third-order valence-corrected chi connectivity index (χ3v) is 5.96. The number of carbonyl (C=O) groups excluding carboxylic acids is 2. The molecule has 1 fully saturated rings. The quantitative estimate of drug-likeness (QED) is 0.724. The number of hydrogen-bond acceptors (Lipinski definition) is 5. The summed E-state index contributed by atoms with van der Waals surface area (Å²) in [5.41, 5.74) is 0.738. The molecule has 0 N–H and O–H groups in total. The van der Waals surface area contributed by atoms with Gasteiger partial charge in [0.1, 0.15) is 25.1 Å². The fraction of sp³-hybridized carbons (Fsp3) is 0.333. The molecular weight excluding hydrogens is 414 g/mol. The maximum Gasteiger partial charge on any atom is 0.242 e. The normalized spacial score (nSPS) is 18.9. The number of benzene rings is 2. The van der Waals surface area contributed by atoms with Crippen LogP contribution in [-0.4, -0.2) is 61.4 Å². The van der Waals surface area contributed by atoms with Crippen molar-refractivity contribution in [3.05, 3.63) is 54.1 Å². The number of fused-ring (bicyclic) bond motifs is 1. The van der Waals surface area contributed by atoms with E-state index in [9.17, 15) is 18.4 Å². The Morgan fingerprint density at radius 1 is 1.23 bits per heavy atom. The van der Waals surface area contributed by atoms with E-state index >= 15 is 0 Å².